The van der Waals surface area contributed by atoms with E-state index in [2.05, 4.69) is 12.1 Å². The van der Waals surface area contributed by atoms with E-state index in [1.165, 1.54) is 5.39 Å². The highest BCUT2D eigenvalue weighted by atomic mass is 79.9. The van der Waals surface area contributed by atoms with Crippen LogP contribution in [0.4, 0.5) is 0 Å². The van der Waals surface area contributed by atoms with Crippen molar-refractivity contribution in [3.63, 3.8) is 0 Å². The molecule has 0 aromatic heterocycles. The smallest absolute Gasteiger partial charge is 0.127 e. The van der Waals surface area contributed by atoms with Crippen LogP contribution in [-0.4, -0.2) is 6.61 Å². The van der Waals surface area contributed by atoms with E-state index in [1.54, 1.807) is 0 Å². The molecule has 0 spiro atoms. The minimum absolute atomic E-state index is 0. The molecular formula is C13H16BrNO. The number of benzene rings is 2. The van der Waals surface area contributed by atoms with E-state index in [0.717, 1.165) is 16.7 Å². The van der Waals surface area contributed by atoms with Crippen LogP contribution in [0.15, 0.2) is 36.4 Å². The third kappa shape index (κ3) is 2.36. The Bertz CT molecular complexity index is 470. The van der Waals surface area contributed by atoms with Crippen molar-refractivity contribution in [1.82, 2.24) is 0 Å². The van der Waals surface area contributed by atoms with Gasteiger partial charge in [-0.3, -0.25) is 0 Å². The predicted molar refractivity (Wildman–Crippen MR) is 73.3 cm³/mol. The summed E-state index contributed by atoms with van der Waals surface area (Å²) in [7, 11) is 0. The first kappa shape index (κ1) is 13.0. The number of fused-ring (bicyclic) bond motifs is 1. The number of ether oxygens (including phenoxy) is 1. The molecule has 0 fully saturated rings. The number of hydrogen-bond donors (Lipinski definition) is 1. The Balaban J connectivity index is 0.00000128. The summed E-state index contributed by atoms with van der Waals surface area (Å²) in [5.41, 5.74) is 6.86. The molecule has 0 atom stereocenters. The monoisotopic (exact) mass is 281 g/mol. The van der Waals surface area contributed by atoms with Gasteiger partial charge in [0.25, 0.3) is 0 Å². The SMILES string of the molecule is Br.CCOc1ccc(CN)c2ccccc12. The molecule has 0 bridgehead atoms. The lowest BCUT2D eigenvalue weighted by molar-refractivity contribution is 0.344. The lowest BCUT2D eigenvalue weighted by Gasteiger charge is -2.10. The van der Waals surface area contributed by atoms with Crippen LogP contribution < -0.4 is 10.5 Å². The Labute approximate surface area is 106 Å². The Kier molecular flexibility index (Phi) is 4.77. The summed E-state index contributed by atoms with van der Waals surface area (Å²) < 4.78 is 5.58. The Morgan fingerprint density at radius 2 is 1.75 bits per heavy atom. The fraction of sp³-hybridized carbons (Fsp3) is 0.231. The molecule has 0 heterocycles. The van der Waals surface area contributed by atoms with Gasteiger partial charge in [-0.25, -0.2) is 0 Å². The van der Waals surface area contributed by atoms with Gasteiger partial charge in [-0.15, -0.1) is 17.0 Å². The van der Waals surface area contributed by atoms with Gasteiger partial charge in [0.2, 0.25) is 0 Å². The summed E-state index contributed by atoms with van der Waals surface area (Å²) in [5, 5.41) is 2.33. The van der Waals surface area contributed by atoms with E-state index in [1.807, 2.05) is 31.2 Å². The molecule has 3 heteroatoms. The highest BCUT2D eigenvalue weighted by molar-refractivity contribution is 8.93. The molecule has 2 aromatic carbocycles. The van der Waals surface area contributed by atoms with Crippen molar-refractivity contribution in [2.75, 3.05) is 6.61 Å². The molecule has 0 radical (unpaired) electrons. The molecule has 0 amide bonds. The number of hydrogen-bond acceptors (Lipinski definition) is 2. The summed E-state index contributed by atoms with van der Waals surface area (Å²) in [4.78, 5) is 0. The Morgan fingerprint density at radius 1 is 1.06 bits per heavy atom. The second kappa shape index (κ2) is 5.87. The van der Waals surface area contributed by atoms with E-state index >= 15 is 0 Å². The first-order valence-corrected chi connectivity index (χ1v) is 5.20. The van der Waals surface area contributed by atoms with Crippen LogP contribution in [0.25, 0.3) is 10.8 Å². The molecule has 2 N–H and O–H groups in total. The van der Waals surface area contributed by atoms with E-state index in [0.29, 0.717) is 13.2 Å². The van der Waals surface area contributed by atoms with Gasteiger partial charge >= 0.3 is 0 Å². The van der Waals surface area contributed by atoms with Crippen molar-refractivity contribution in [3.8, 4) is 5.75 Å². The molecule has 0 aliphatic carbocycles. The van der Waals surface area contributed by atoms with Gasteiger partial charge in [0.1, 0.15) is 5.75 Å². The quantitative estimate of drug-likeness (QED) is 0.937. The maximum absolute atomic E-state index is 5.70. The zero-order valence-corrected chi connectivity index (χ0v) is 11.0. The lowest BCUT2D eigenvalue weighted by atomic mass is 10.0. The summed E-state index contributed by atoms with van der Waals surface area (Å²) in [6.07, 6.45) is 0. The molecule has 86 valence electrons. The summed E-state index contributed by atoms with van der Waals surface area (Å²) >= 11 is 0. The fourth-order valence-electron chi connectivity index (χ4n) is 1.79. The Morgan fingerprint density at radius 3 is 2.38 bits per heavy atom. The maximum atomic E-state index is 5.70. The second-order valence-corrected chi connectivity index (χ2v) is 3.41. The van der Waals surface area contributed by atoms with Crippen LogP contribution in [0, 0.1) is 0 Å². The Hall–Kier alpha value is -1.06. The van der Waals surface area contributed by atoms with Crippen molar-refractivity contribution in [3.05, 3.63) is 42.0 Å². The van der Waals surface area contributed by atoms with Crippen molar-refractivity contribution < 1.29 is 4.74 Å². The van der Waals surface area contributed by atoms with Crippen molar-refractivity contribution in [2.24, 2.45) is 5.73 Å². The van der Waals surface area contributed by atoms with Gasteiger partial charge in [-0.2, -0.15) is 0 Å². The molecule has 0 saturated heterocycles. The standard InChI is InChI=1S/C13H15NO.BrH/c1-2-15-13-8-7-10(9-14)11-5-3-4-6-12(11)13;/h3-8H,2,9,14H2,1H3;1H. The minimum atomic E-state index is 0. The van der Waals surface area contributed by atoms with Crippen LogP contribution in [0.5, 0.6) is 5.75 Å². The maximum Gasteiger partial charge on any atom is 0.127 e. The van der Waals surface area contributed by atoms with Gasteiger partial charge in [-0.05, 0) is 23.9 Å². The number of rotatable bonds is 3. The van der Waals surface area contributed by atoms with Gasteiger partial charge in [0.05, 0.1) is 6.61 Å². The molecule has 0 aliphatic rings. The van der Waals surface area contributed by atoms with Gasteiger partial charge < -0.3 is 10.5 Å². The van der Waals surface area contributed by atoms with Gasteiger partial charge in [0.15, 0.2) is 0 Å². The zero-order valence-electron chi connectivity index (χ0n) is 9.27. The molecule has 16 heavy (non-hydrogen) atoms. The molecule has 2 aromatic rings. The van der Waals surface area contributed by atoms with E-state index in [4.69, 9.17) is 10.5 Å². The van der Waals surface area contributed by atoms with Crippen LogP contribution in [0.2, 0.25) is 0 Å². The van der Waals surface area contributed by atoms with Crippen molar-refractivity contribution >= 4 is 27.8 Å². The highest BCUT2D eigenvalue weighted by Gasteiger charge is 2.04. The first-order chi connectivity index (χ1) is 7.36. The number of nitrogens with two attached hydrogens (primary N) is 1. The number of halogens is 1. The highest BCUT2D eigenvalue weighted by Crippen LogP contribution is 2.28. The molecular weight excluding hydrogens is 266 g/mol. The van der Waals surface area contributed by atoms with Crippen molar-refractivity contribution in [2.45, 2.75) is 13.5 Å². The van der Waals surface area contributed by atoms with Crippen LogP contribution in [-0.2, 0) is 6.54 Å². The van der Waals surface area contributed by atoms with Crippen LogP contribution in [0.1, 0.15) is 12.5 Å². The lowest BCUT2D eigenvalue weighted by Crippen LogP contribution is -1.99. The van der Waals surface area contributed by atoms with Crippen molar-refractivity contribution in [1.29, 1.82) is 0 Å². The molecule has 0 saturated carbocycles. The third-order valence-corrected chi connectivity index (χ3v) is 2.49. The molecule has 0 unspecified atom stereocenters. The van der Waals surface area contributed by atoms with Gasteiger partial charge in [-0.1, -0.05) is 30.3 Å². The molecule has 2 nitrogen and oxygen atoms in total. The normalized spacial score (nSPS) is 9.88. The molecule has 0 aliphatic heterocycles. The topological polar surface area (TPSA) is 35.2 Å². The molecule has 2 rings (SSSR count). The van der Waals surface area contributed by atoms with E-state index in [9.17, 15) is 0 Å². The van der Waals surface area contributed by atoms with E-state index < -0.39 is 0 Å². The average Bonchev–Trinajstić information content (AvgIpc) is 2.30. The predicted octanol–water partition coefficient (Wildman–Crippen LogP) is 3.28. The van der Waals surface area contributed by atoms with Crippen LogP contribution >= 0.6 is 17.0 Å². The summed E-state index contributed by atoms with van der Waals surface area (Å²) in [5.74, 6) is 0.935. The van der Waals surface area contributed by atoms with Crippen LogP contribution in [0.3, 0.4) is 0 Å². The summed E-state index contributed by atoms with van der Waals surface area (Å²) in [6.45, 7) is 3.24. The average molecular weight is 282 g/mol. The second-order valence-electron chi connectivity index (χ2n) is 3.41. The fourth-order valence-corrected chi connectivity index (χ4v) is 1.79. The van der Waals surface area contributed by atoms with Gasteiger partial charge in [0, 0.05) is 11.9 Å². The largest absolute Gasteiger partial charge is 0.493 e. The minimum Gasteiger partial charge on any atom is -0.493 e. The third-order valence-electron chi connectivity index (χ3n) is 2.49. The zero-order chi connectivity index (χ0) is 10.7. The van der Waals surface area contributed by atoms with E-state index in [-0.39, 0.29) is 17.0 Å². The first-order valence-electron chi connectivity index (χ1n) is 5.20. The summed E-state index contributed by atoms with van der Waals surface area (Å²) in [6, 6.07) is 12.2.